The Morgan fingerprint density at radius 1 is 1.09 bits per heavy atom. The predicted molar refractivity (Wildman–Crippen MR) is 112 cm³/mol. The van der Waals surface area contributed by atoms with Gasteiger partial charge in [-0.2, -0.15) is 13.2 Å². The minimum Gasteiger partial charge on any atom is -0.351 e. The van der Waals surface area contributed by atoms with Gasteiger partial charge in [-0.1, -0.05) is 42.5 Å². The molecule has 0 unspecified atom stereocenters. The maximum Gasteiger partial charge on any atom is 0.426 e. The molecule has 2 aliphatic heterocycles. The third kappa shape index (κ3) is 5.41. The fourth-order valence-corrected chi connectivity index (χ4v) is 3.77. The number of benzene rings is 2. The van der Waals surface area contributed by atoms with Gasteiger partial charge in [-0.3, -0.25) is 10.3 Å². The van der Waals surface area contributed by atoms with Gasteiger partial charge >= 0.3 is 12.3 Å². The molecular formula is C23H24F3N3O3. The van der Waals surface area contributed by atoms with Gasteiger partial charge in [0.25, 0.3) is 0 Å². The summed E-state index contributed by atoms with van der Waals surface area (Å²) in [6.45, 7) is 1.43. The molecule has 0 bridgehead atoms. The first-order valence-electron chi connectivity index (χ1n) is 10.4. The van der Waals surface area contributed by atoms with E-state index >= 15 is 0 Å². The monoisotopic (exact) mass is 447 g/mol. The van der Waals surface area contributed by atoms with Crippen molar-refractivity contribution in [3.8, 4) is 0 Å². The van der Waals surface area contributed by atoms with Gasteiger partial charge in [-0.15, -0.1) is 5.06 Å². The summed E-state index contributed by atoms with van der Waals surface area (Å²) in [6, 6.07) is 14.8. The Bertz CT molecular complexity index is 954. The maximum atomic E-state index is 12.8. The number of rotatable bonds is 5. The second kappa shape index (κ2) is 9.22. The Morgan fingerprint density at radius 3 is 2.44 bits per heavy atom. The quantitative estimate of drug-likeness (QED) is 0.716. The fourth-order valence-electron chi connectivity index (χ4n) is 3.77. The van der Waals surface area contributed by atoms with E-state index in [1.807, 2.05) is 36.4 Å². The predicted octanol–water partition coefficient (Wildman–Crippen LogP) is 4.30. The summed E-state index contributed by atoms with van der Waals surface area (Å²) in [6.07, 6.45) is -1.11. The summed E-state index contributed by atoms with van der Waals surface area (Å²) in [5.74, 6) is 0. The van der Waals surface area contributed by atoms with E-state index in [-0.39, 0.29) is 0 Å². The SMILES string of the molecule is O=C(NCCc1ccccc1)ON1CCC2(C=C(c3ccc(C(F)(F)F)cc3)NO2)CC1. The average molecular weight is 447 g/mol. The lowest BCUT2D eigenvalue weighted by Gasteiger charge is -2.35. The van der Waals surface area contributed by atoms with Gasteiger partial charge in [-0.25, -0.2) is 4.79 Å². The van der Waals surface area contributed by atoms with Crippen molar-refractivity contribution >= 4 is 11.8 Å². The molecular weight excluding hydrogens is 423 g/mol. The number of nitrogens with one attached hydrogen (secondary N) is 2. The molecule has 2 aliphatic rings. The van der Waals surface area contributed by atoms with Gasteiger partial charge in [0.05, 0.1) is 11.3 Å². The van der Waals surface area contributed by atoms with Crippen LogP contribution in [0.2, 0.25) is 0 Å². The third-order valence-corrected chi connectivity index (χ3v) is 5.60. The molecule has 6 nitrogen and oxygen atoms in total. The molecule has 170 valence electrons. The van der Waals surface area contributed by atoms with E-state index in [4.69, 9.17) is 9.68 Å². The highest BCUT2D eigenvalue weighted by molar-refractivity contribution is 5.67. The number of hydrogen-bond acceptors (Lipinski definition) is 5. The minimum absolute atomic E-state index is 0.477. The third-order valence-electron chi connectivity index (χ3n) is 5.60. The molecule has 2 N–H and O–H groups in total. The minimum atomic E-state index is -4.37. The number of hydroxylamine groups is 3. The molecule has 4 rings (SSSR count). The summed E-state index contributed by atoms with van der Waals surface area (Å²) in [4.78, 5) is 23.2. The second-order valence-electron chi connectivity index (χ2n) is 7.87. The molecule has 0 saturated carbocycles. The van der Waals surface area contributed by atoms with Crippen molar-refractivity contribution in [2.75, 3.05) is 19.6 Å². The molecule has 2 heterocycles. The Labute approximate surface area is 183 Å². The Hall–Kier alpha value is -3.04. The summed E-state index contributed by atoms with van der Waals surface area (Å²) in [7, 11) is 0. The standard InChI is InChI=1S/C23H24F3N3O3/c24-23(25,26)19-8-6-18(7-9-19)20-16-22(32-28-20)11-14-29(15-12-22)31-21(30)27-13-10-17-4-2-1-3-5-17/h1-9,16,28H,10-15H2,(H,27,30). The normalized spacial score (nSPS) is 18.2. The lowest BCUT2D eigenvalue weighted by atomic mass is 9.91. The fraction of sp³-hybridized carbons (Fsp3) is 0.348. The molecule has 0 aromatic heterocycles. The van der Waals surface area contributed by atoms with Crippen molar-refractivity contribution < 1.29 is 27.6 Å². The Morgan fingerprint density at radius 2 is 1.78 bits per heavy atom. The van der Waals surface area contributed by atoms with Gasteiger partial charge in [0.2, 0.25) is 0 Å². The largest absolute Gasteiger partial charge is 0.426 e. The summed E-state index contributed by atoms with van der Waals surface area (Å²) in [5, 5.41) is 4.34. The number of hydrogen-bond donors (Lipinski definition) is 2. The van der Waals surface area contributed by atoms with E-state index in [1.165, 1.54) is 12.1 Å². The van der Waals surface area contributed by atoms with Crippen LogP contribution in [0.1, 0.15) is 29.5 Å². The molecule has 9 heteroatoms. The van der Waals surface area contributed by atoms with E-state index in [0.717, 1.165) is 24.1 Å². The molecule has 1 amide bonds. The van der Waals surface area contributed by atoms with E-state index in [1.54, 1.807) is 5.06 Å². The van der Waals surface area contributed by atoms with Crippen molar-refractivity contribution in [3.63, 3.8) is 0 Å². The smallest absolute Gasteiger partial charge is 0.351 e. The van der Waals surface area contributed by atoms with Crippen molar-refractivity contribution in [1.29, 1.82) is 0 Å². The van der Waals surface area contributed by atoms with Gasteiger partial charge < -0.3 is 10.2 Å². The van der Waals surface area contributed by atoms with Crippen LogP contribution in [-0.4, -0.2) is 36.4 Å². The summed E-state index contributed by atoms with van der Waals surface area (Å²) >= 11 is 0. The maximum absolute atomic E-state index is 12.8. The molecule has 0 aliphatic carbocycles. The zero-order valence-electron chi connectivity index (χ0n) is 17.3. The number of piperidine rings is 1. The van der Waals surface area contributed by atoms with Crippen molar-refractivity contribution in [3.05, 3.63) is 77.4 Å². The van der Waals surface area contributed by atoms with Crippen LogP contribution in [0.5, 0.6) is 0 Å². The van der Waals surface area contributed by atoms with Crippen molar-refractivity contribution in [1.82, 2.24) is 15.9 Å². The topological polar surface area (TPSA) is 62.8 Å². The van der Waals surface area contributed by atoms with Crippen LogP contribution in [0.15, 0.2) is 60.7 Å². The first-order valence-corrected chi connectivity index (χ1v) is 10.4. The number of amides is 1. The van der Waals surface area contributed by atoms with Crippen molar-refractivity contribution in [2.45, 2.75) is 31.0 Å². The summed E-state index contributed by atoms with van der Waals surface area (Å²) < 4.78 is 38.3. The second-order valence-corrected chi connectivity index (χ2v) is 7.87. The highest BCUT2D eigenvalue weighted by Gasteiger charge is 2.40. The van der Waals surface area contributed by atoms with Crippen LogP contribution in [0.25, 0.3) is 5.70 Å². The van der Waals surface area contributed by atoms with Gasteiger partial charge in [0.15, 0.2) is 0 Å². The van der Waals surface area contributed by atoms with Crippen LogP contribution in [0.3, 0.4) is 0 Å². The Balaban J connectivity index is 1.25. The highest BCUT2D eigenvalue weighted by atomic mass is 19.4. The van der Waals surface area contributed by atoms with E-state index < -0.39 is 23.4 Å². The van der Waals surface area contributed by atoms with Crippen LogP contribution >= 0.6 is 0 Å². The lowest BCUT2D eigenvalue weighted by Crippen LogP contribution is -2.46. The van der Waals surface area contributed by atoms with Gasteiger partial charge in [0.1, 0.15) is 5.60 Å². The molecule has 1 fully saturated rings. The number of halogens is 3. The zero-order chi connectivity index (χ0) is 22.6. The van der Waals surface area contributed by atoms with Crippen LogP contribution in [-0.2, 0) is 22.3 Å². The molecule has 2 aromatic rings. The number of carbonyl (C=O) groups is 1. The number of carbonyl (C=O) groups excluding carboxylic acids is 1. The van der Waals surface area contributed by atoms with Crippen LogP contribution < -0.4 is 10.8 Å². The Kier molecular flexibility index (Phi) is 6.38. The van der Waals surface area contributed by atoms with Crippen molar-refractivity contribution in [2.24, 2.45) is 0 Å². The molecule has 0 atom stereocenters. The van der Waals surface area contributed by atoms with E-state index in [9.17, 15) is 18.0 Å². The molecule has 1 saturated heterocycles. The number of alkyl halides is 3. The molecule has 2 aromatic carbocycles. The first kappa shape index (κ1) is 22.2. The van der Waals surface area contributed by atoms with Crippen LogP contribution in [0, 0.1) is 0 Å². The molecule has 0 radical (unpaired) electrons. The van der Waals surface area contributed by atoms with E-state index in [0.29, 0.717) is 43.7 Å². The zero-order valence-corrected chi connectivity index (χ0v) is 17.3. The first-order chi connectivity index (χ1) is 15.3. The highest BCUT2D eigenvalue weighted by Crippen LogP contribution is 2.36. The van der Waals surface area contributed by atoms with Crippen LogP contribution in [0.4, 0.5) is 18.0 Å². The summed E-state index contributed by atoms with van der Waals surface area (Å²) in [5.41, 5.74) is 3.94. The molecule has 32 heavy (non-hydrogen) atoms. The molecule has 1 spiro atoms. The lowest BCUT2D eigenvalue weighted by molar-refractivity contribution is -0.156. The van der Waals surface area contributed by atoms with Gasteiger partial charge in [0, 0.05) is 19.6 Å². The van der Waals surface area contributed by atoms with Gasteiger partial charge in [-0.05, 0) is 48.6 Å². The van der Waals surface area contributed by atoms with E-state index in [2.05, 4.69) is 10.8 Å². The average Bonchev–Trinajstić information content (AvgIpc) is 3.19. The number of nitrogens with zero attached hydrogens (tertiary/aromatic N) is 1.